The van der Waals surface area contributed by atoms with E-state index in [2.05, 4.69) is 15.6 Å². The molecule has 0 atom stereocenters. The van der Waals surface area contributed by atoms with Crippen LogP contribution < -0.4 is 20.9 Å². The Morgan fingerprint density at radius 2 is 1.71 bits per heavy atom. The average molecular weight is 477 g/mol. The maximum atomic E-state index is 13.1. The Morgan fingerprint density at radius 3 is 2.38 bits per heavy atom. The van der Waals surface area contributed by atoms with E-state index in [4.69, 9.17) is 4.74 Å². The number of fused-ring (bicyclic) bond motifs is 1. The summed E-state index contributed by atoms with van der Waals surface area (Å²) in [5.74, 6) is 0.0369. The van der Waals surface area contributed by atoms with Gasteiger partial charge in [-0.3, -0.25) is 19.0 Å². The molecule has 8 nitrogen and oxygen atoms in total. The summed E-state index contributed by atoms with van der Waals surface area (Å²) in [5, 5.41) is 5.94. The molecule has 2 N–H and O–H groups in total. The lowest BCUT2D eigenvalue weighted by atomic mass is 10.2. The maximum Gasteiger partial charge on any atom is 0.266 e. The van der Waals surface area contributed by atoms with E-state index in [1.165, 1.54) is 10.9 Å². The predicted octanol–water partition coefficient (Wildman–Crippen LogP) is 4.44. The number of para-hydroxylation sites is 1. The zero-order chi connectivity index (χ0) is 24.2. The number of aromatic nitrogens is 2. The van der Waals surface area contributed by atoms with Crippen molar-refractivity contribution >= 4 is 44.7 Å². The quantitative estimate of drug-likeness (QED) is 0.410. The van der Waals surface area contributed by atoms with Crippen LogP contribution in [-0.2, 0) is 11.3 Å². The smallest absolute Gasteiger partial charge is 0.266 e. The van der Waals surface area contributed by atoms with Crippen molar-refractivity contribution in [3.8, 4) is 5.75 Å². The van der Waals surface area contributed by atoms with Gasteiger partial charge in [0.15, 0.2) is 0 Å². The zero-order valence-electron chi connectivity index (χ0n) is 19.0. The molecule has 0 unspecified atom stereocenters. The lowest BCUT2D eigenvalue weighted by Gasteiger charge is -2.11. The molecule has 2 heterocycles. The summed E-state index contributed by atoms with van der Waals surface area (Å²) in [4.78, 5) is 43.6. The van der Waals surface area contributed by atoms with Gasteiger partial charge in [-0.1, -0.05) is 18.2 Å². The third kappa shape index (κ3) is 5.15. The van der Waals surface area contributed by atoms with Gasteiger partial charge in [-0.2, -0.15) is 0 Å². The number of amides is 2. The summed E-state index contributed by atoms with van der Waals surface area (Å²) in [6.07, 6.45) is 1.39. The standard InChI is InChI=1S/C25H24N4O4S/c1-15(2)33-19-11-9-18(10-12-19)27-20(30)13-29-14-26-24-21(25(29)32)16(3)22(34-24)23(31)28-17-7-5-4-6-8-17/h4-12,14-15H,13H2,1-3H3,(H,27,30)(H,28,31). The fraction of sp³-hybridized carbons (Fsp3) is 0.200. The van der Waals surface area contributed by atoms with Crippen LogP contribution in [0.3, 0.4) is 0 Å². The Morgan fingerprint density at radius 1 is 1.03 bits per heavy atom. The maximum absolute atomic E-state index is 13.1. The minimum atomic E-state index is -0.367. The fourth-order valence-corrected chi connectivity index (χ4v) is 4.48. The molecule has 2 aromatic heterocycles. The second-order valence-corrected chi connectivity index (χ2v) is 8.97. The topological polar surface area (TPSA) is 102 Å². The number of thiophene rings is 1. The highest BCUT2D eigenvalue weighted by Gasteiger charge is 2.20. The van der Waals surface area contributed by atoms with Crippen molar-refractivity contribution in [2.75, 3.05) is 10.6 Å². The van der Waals surface area contributed by atoms with Crippen molar-refractivity contribution in [3.63, 3.8) is 0 Å². The minimum Gasteiger partial charge on any atom is -0.491 e. The molecule has 0 radical (unpaired) electrons. The van der Waals surface area contributed by atoms with Crippen molar-refractivity contribution in [1.29, 1.82) is 0 Å². The summed E-state index contributed by atoms with van der Waals surface area (Å²) in [6, 6.07) is 16.1. The van der Waals surface area contributed by atoms with E-state index in [0.29, 0.717) is 37.8 Å². The van der Waals surface area contributed by atoms with Crippen molar-refractivity contribution in [2.24, 2.45) is 0 Å². The van der Waals surface area contributed by atoms with Gasteiger partial charge in [0.25, 0.3) is 11.5 Å². The number of benzene rings is 2. The molecule has 2 aromatic carbocycles. The van der Waals surface area contributed by atoms with Gasteiger partial charge < -0.3 is 15.4 Å². The van der Waals surface area contributed by atoms with Crippen LogP contribution in [0.4, 0.5) is 11.4 Å². The van der Waals surface area contributed by atoms with Crippen LogP contribution in [0.5, 0.6) is 5.75 Å². The summed E-state index contributed by atoms with van der Waals surface area (Å²) in [6.45, 7) is 5.39. The van der Waals surface area contributed by atoms with Crippen molar-refractivity contribution in [1.82, 2.24) is 9.55 Å². The van der Waals surface area contributed by atoms with E-state index in [9.17, 15) is 14.4 Å². The Labute approximate surface area is 200 Å². The van der Waals surface area contributed by atoms with E-state index < -0.39 is 0 Å². The third-order valence-corrected chi connectivity index (χ3v) is 6.18. The first-order valence-electron chi connectivity index (χ1n) is 10.7. The molecule has 0 aliphatic carbocycles. The van der Waals surface area contributed by atoms with Crippen LogP contribution in [0.1, 0.15) is 29.1 Å². The largest absolute Gasteiger partial charge is 0.491 e. The summed E-state index contributed by atoms with van der Waals surface area (Å²) in [5.41, 5.74) is 1.43. The predicted molar refractivity (Wildman–Crippen MR) is 134 cm³/mol. The van der Waals surface area contributed by atoms with Crippen LogP contribution >= 0.6 is 11.3 Å². The highest BCUT2D eigenvalue weighted by atomic mass is 32.1. The van der Waals surface area contributed by atoms with Gasteiger partial charge in [0.1, 0.15) is 17.1 Å². The number of aryl methyl sites for hydroxylation is 1. The monoisotopic (exact) mass is 476 g/mol. The van der Waals surface area contributed by atoms with Crippen LogP contribution in [0.15, 0.2) is 65.7 Å². The van der Waals surface area contributed by atoms with Gasteiger partial charge in [-0.05, 0) is 62.7 Å². The molecule has 9 heteroatoms. The Kier molecular flexibility index (Phi) is 6.74. The fourth-order valence-electron chi connectivity index (χ4n) is 3.44. The van der Waals surface area contributed by atoms with Crippen molar-refractivity contribution < 1.29 is 14.3 Å². The first-order valence-corrected chi connectivity index (χ1v) is 11.5. The molecule has 2 amide bonds. The highest BCUT2D eigenvalue weighted by molar-refractivity contribution is 7.20. The zero-order valence-corrected chi connectivity index (χ0v) is 19.8. The Bertz CT molecular complexity index is 1390. The average Bonchev–Trinajstić information content (AvgIpc) is 3.14. The molecule has 0 aliphatic rings. The Hall–Kier alpha value is -3.98. The summed E-state index contributed by atoms with van der Waals surface area (Å²) >= 11 is 1.15. The van der Waals surface area contributed by atoms with Gasteiger partial charge in [0.05, 0.1) is 22.7 Å². The molecule has 0 fully saturated rings. The number of nitrogens with one attached hydrogen (secondary N) is 2. The number of anilines is 2. The van der Waals surface area contributed by atoms with Crippen molar-refractivity contribution in [2.45, 2.75) is 33.4 Å². The SMILES string of the molecule is Cc1c(C(=O)Nc2ccccc2)sc2ncn(CC(=O)Nc3ccc(OC(C)C)cc3)c(=O)c12. The van der Waals surface area contributed by atoms with Crippen LogP contribution in [0, 0.1) is 6.92 Å². The second-order valence-electron chi connectivity index (χ2n) is 7.97. The number of carbonyl (C=O) groups is 2. The van der Waals surface area contributed by atoms with E-state index in [-0.39, 0.29) is 30.0 Å². The number of rotatable bonds is 7. The van der Waals surface area contributed by atoms with E-state index in [1.807, 2.05) is 32.0 Å². The third-order valence-electron chi connectivity index (χ3n) is 4.98. The molecule has 174 valence electrons. The molecule has 0 bridgehead atoms. The number of hydrogen-bond donors (Lipinski definition) is 2. The van der Waals surface area contributed by atoms with Crippen LogP contribution in [0.2, 0.25) is 0 Å². The number of carbonyl (C=O) groups excluding carboxylic acids is 2. The molecular formula is C25H24N4O4S. The van der Waals surface area contributed by atoms with Crippen LogP contribution in [0.25, 0.3) is 10.2 Å². The van der Waals surface area contributed by atoms with Gasteiger partial charge in [-0.15, -0.1) is 11.3 Å². The van der Waals surface area contributed by atoms with Gasteiger partial charge >= 0.3 is 0 Å². The molecule has 0 spiro atoms. The minimum absolute atomic E-state index is 0.0558. The van der Waals surface area contributed by atoms with Gasteiger partial charge in [0, 0.05) is 11.4 Å². The number of hydrogen-bond acceptors (Lipinski definition) is 6. The molecule has 0 saturated carbocycles. The molecule has 0 aliphatic heterocycles. The Balaban J connectivity index is 1.51. The highest BCUT2D eigenvalue weighted by Crippen LogP contribution is 2.27. The van der Waals surface area contributed by atoms with Crippen molar-refractivity contribution in [3.05, 3.63) is 81.7 Å². The normalized spacial score (nSPS) is 10.9. The molecular weight excluding hydrogens is 452 g/mol. The first-order chi connectivity index (χ1) is 16.3. The lowest BCUT2D eigenvalue weighted by Crippen LogP contribution is -2.28. The second kappa shape index (κ2) is 9.88. The number of nitrogens with zero attached hydrogens (tertiary/aromatic N) is 2. The van der Waals surface area contributed by atoms with Gasteiger partial charge in [-0.25, -0.2) is 4.98 Å². The summed E-state index contributed by atoms with van der Waals surface area (Å²) in [7, 11) is 0. The molecule has 34 heavy (non-hydrogen) atoms. The van der Waals surface area contributed by atoms with Gasteiger partial charge in [0.2, 0.25) is 5.91 Å². The number of ether oxygens (including phenoxy) is 1. The van der Waals surface area contributed by atoms with E-state index in [0.717, 1.165) is 11.3 Å². The first kappa shape index (κ1) is 23.2. The molecule has 4 rings (SSSR count). The summed E-state index contributed by atoms with van der Waals surface area (Å²) < 4.78 is 6.84. The lowest BCUT2D eigenvalue weighted by molar-refractivity contribution is -0.116. The molecule has 4 aromatic rings. The molecule has 0 saturated heterocycles. The van der Waals surface area contributed by atoms with E-state index in [1.54, 1.807) is 43.3 Å². The van der Waals surface area contributed by atoms with E-state index >= 15 is 0 Å². The van der Waals surface area contributed by atoms with Crippen LogP contribution in [-0.4, -0.2) is 27.5 Å².